The molecular weight excluding hydrogens is 268 g/mol. The van der Waals surface area contributed by atoms with Crippen LogP contribution in [0.1, 0.15) is 12.1 Å². The van der Waals surface area contributed by atoms with Crippen molar-refractivity contribution < 1.29 is 9.59 Å². The quantitative estimate of drug-likeness (QED) is 0.867. The minimum Gasteiger partial charge on any atom is -0.358 e. The van der Waals surface area contributed by atoms with E-state index in [0.29, 0.717) is 5.69 Å². The Morgan fingerprint density at radius 1 is 1.24 bits per heavy atom. The van der Waals surface area contributed by atoms with Crippen molar-refractivity contribution in [3.63, 3.8) is 0 Å². The normalized spacial score (nSPS) is 18.4. The van der Waals surface area contributed by atoms with Crippen molar-refractivity contribution in [3.8, 4) is 0 Å². The predicted molar refractivity (Wildman–Crippen MR) is 78.9 cm³/mol. The predicted octanol–water partition coefficient (Wildman–Crippen LogP) is 1.47. The van der Waals surface area contributed by atoms with E-state index in [4.69, 9.17) is 0 Å². The summed E-state index contributed by atoms with van der Waals surface area (Å²) in [5, 5.41) is 7.32. The highest BCUT2D eigenvalue weighted by Gasteiger charge is 2.39. The number of nitrogens with zero attached hydrogens (tertiary/aromatic N) is 3. The van der Waals surface area contributed by atoms with Crippen LogP contribution in [0.3, 0.4) is 0 Å². The molecule has 2 amide bonds. The van der Waals surface area contributed by atoms with Gasteiger partial charge in [-0.3, -0.25) is 14.3 Å². The summed E-state index contributed by atoms with van der Waals surface area (Å²) >= 11 is 0. The van der Waals surface area contributed by atoms with Gasteiger partial charge in [0.2, 0.25) is 5.91 Å². The molecule has 1 atom stereocenters. The van der Waals surface area contributed by atoms with Gasteiger partial charge in [-0.2, -0.15) is 5.10 Å². The maximum atomic E-state index is 12.5. The first-order valence-corrected chi connectivity index (χ1v) is 6.75. The van der Waals surface area contributed by atoms with Crippen LogP contribution in [0.2, 0.25) is 0 Å². The first-order valence-electron chi connectivity index (χ1n) is 6.75. The van der Waals surface area contributed by atoms with Crippen LogP contribution in [0.15, 0.2) is 36.4 Å². The number of aromatic nitrogens is 2. The Morgan fingerprint density at radius 2 is 1.95 bits per heavy atom. The highest BCUT2D eigenvalue weighted by Crippen LogP contribution is 2.24. The summed E-state index contributed by atoms with van der Waals surface area (Å²) in [6.07, 6.45) is 0.151. The van der Waals surface area contributed by atoms with Gasteiger partial charge in [0.25, 0.3) is 5.91 Å². The standard InChI is InChI=1S/C15H16N4O2/c1-10-8-13(18(2)17-10)16-12-9-14(20)19(15(12)21)11-6-4-3-5-7-11/h3-8,12,16H,9H2,1-2H3. The van der Waals surface area contributed by atoms with Crippen LogP contribution in [0.4, 0.5) is 11.5 Å². The fourth-order valence-corrected chi connectivity index (χ4v) is 2.52. The van der Waals surface area contributed by atoms with E-state index in [1.807, 2.05) is 19.1 Å². The largest absolute Gasteiger partial charge is 0.358 e. The van der Waals surface area contributed by atoms with E-state index in [-0.39, 0.29) is 18.2 Å². The molecule has 2 heterocycles. The van der Waals surface area contributed by atoms with Gasteiger partial charge in [-0.15, -0.1) is 0 Å². The van der Waals surface area contributed by atoms with Crippen LogP contribution < -0.4 is 10.2 Å². The number of para-hydroxylation sites is 1. The number of carbonyl (C=O) groups excluding carboxylic acids is 2. The van der Waals surface area contributed by atoms with Crippen LogP contribution in [0.25, 0.3) is 0 Å². The van der Waals surface area contributed by atoms with Gasteiger partial charge in [-0.25, -0.2) is 4.90 Å². The van der Waals surface area contributed by atoms with Crippen molar-refractivity contribution >= 4 is 23.3 Å². The molecule has 1 aromatic carbocycles. The number of imide groups is 1. The molecule has 108 valence electrons. The number of carbonyl (C=O) groups is 2. The van der Waals surface area contributed by atoms with Crippen LogP contribution in [-0.4, -0.2) is 27.6 Å². The monoisotopic (exact) mass is 284 g/mol. The third-order valence-electron chi connectivity index (χ3n) is 3.49. The zero-order valence-electron chi connectivity index (χ0n) is 11.9. The first kappa shape index (κ1) is 13.4. The molecular formula is C15H16N4O2. The Bertz CT molecular complexity index is 693. The van der Waals surface area contributed by atoms with Gasteiger partial charge in [-0.05, 0) is 19.1 Å². The molecule has 2 aromatic rings. The zero-order valence-corrected chi connectivity index (χ0v) is 11.9. The average Bonchev–Trinajstić information content (AvgIpc) is 2.91. The molecule has 1 saturated heterocycles. The van der Waals surface area contributed by atoms with Crippen LogP contribution in [0, 0.1) is 6.92 Å². The maximum Gasteiger partial charge on any atom is 0.256 e. The summed E-state index contributed by atoms with van der Waals surface area (Å²) in [5.41, 5.74) is 1.47. The first-order chi connectivity index (χ1) is 10.1. The average molecular weight is 284 g/mol. The summed E-state index contributed by atoms with van der Waals surface area (Å²) in [4.78, 5) is 25.8. The second-order valence-corrected chi connectivity index (χ2v) is 5.10. The van der Waals surface area contributed by atoms with Gasteiger partial charge in [0.05, 0.1) is 17.8 Å². The lowest BCUT2D eigenvalue weighted by Gasteiger charge is -2.15. The van der Waals surface area contributed by atoms with Crippen molar-refractivity contribution in [2.45, 2.75) is 19.4 Å². The van der Waals surface area contributed by atoms with Crippen LogP contribution in [-0.2, 0) is 16.6 Å². The Kier molecular flexibility index (Phi) is 3.21. The number of aryl methyl sites for hydroxylation is 2. The topological polar surface area (TPSA) is 67.2 Å². The number of benzene rings is 1. The van der Waals surface area contributed by atoms with E-state index in [1.54, 1.807) is 36.0 Å². The minimum absolute atomic E-state index is 0.151. The number of hydrogen-bond donors (Lipinski definition) is 1. The molecule has 0 aliphatic carbocycles. The van der Waals surface area contributed by atoms with Gasteiger partial charge in [0.15, 0.2) is 0 Å². The molecule has 6 nitrogen and oxygen atoms in total. The molecule has 0 spiro atoms. The SMILES string of the molecule is Cc1cc(NC2CC(=O)N(c3ccccc3)C2=O)n(C)n1. The van der Waals surface area contributed by atoms with Gasteiger partial charge < -0.3 is 5.32 Å². The summed E-state index contributed by atoms with van der Waals surface area (Å²) < 4.78 is 1.66. The van der Waals surface area contributed by atoms with Crippen LogP contribution >= 0.6 is 0 Å². The Morgan fingerprint density at radius 3 is 2.57 bits per heavy atom. The van der Waals surface area contributed by atoms with E-state index < -0.39 is 6.04 Å². The number of hydrogen-bond acceptors (Lipinski definition) is 4. The molecule has 1 aliphatic rings. The lowest BCUT2D eigenvalue weighted by molar-refractivity contribution is -0.121. The maximum absolute atomic E-state index is 12.5. The summed E-state index contributed by atoms with van der Waals surface area (Å²) in [7, 11) is 1.80. The zero-order chi connectivity index (χ0) is 15.0. The highest BCUT2D eigenvalue weighted by atomic mass is 16.2. The molecule has 0 saturated carbocycles. The molecule has 1 unspecified atom stereocenters. The van der Waals surface area contributed by atoms with Crippen molar-refractivity contribution in [3.05, 3.63) is 42.1 Å². The molecule has 1 fully saturated rings. The number of rotatable bonds is 3. The molecule has 0 bridgehead atoms. The van der Waals surface area contributed by atoms with Gasteiger partial charge in [0, 0.05) is 13.1 Å². The molecule has 1 aromatic heterocycles. The third-order valence-corrected chi connectivity index (χ3v) is 3.49. The molecule has 21 heavy (non-hydrogen) atoms. The second-order valence-electron chi connectivity index (χ2n) is 5.10. The Hall–Kier alpha value is -2.63. The Balaban J connectivity index is 1.82. The molecule has 1 N–H and O–H groups in total. The van der Waals surface area contributed by atoms with Crippen LogP contribution in [0.5, 0.6) is 0 Å². The van der Waals surface area contributed by atoms with E-state index in [9.17, 15) is 9.59 Å². The van der Waals surface area contributed by atoms with E-state index >= 15 is 0 Å². The number of nitrogens with one attached hydrogen (secondary N) is 1. The molecule has 3 rings (SSSR count). The lowest BCUT2D eigenvalue weighted by Crippen LogP contribution is -2.35. The van der Waals surface area contributed by atoms with E-state index in [0.717, 1.165) is 11.5 Å². The molecule has 1 aliphatic heterocycles. The van der Waals surface area contributed by atoms with E-state index in [2.05, 4.69) is 10.4 Å². The van der Waals surface area contributed by atoms with E-state index in [1.165, 1.54) is 4.90 Å². The van der Waals surface area contributed by atoms with Gasteiger partial charge >= 0.3 is 0 Å². The highest BCUT2D eigenvalue weighted by molar-refractivity contribution is 6.23. The van der Waals surface area contributed by atoms with Crippen molar-refractivity contribution in [2.24, 2.45) is 7.05 Å². The second kappa shape index (κ2) is 5.05. The van der Waals surface area contributed by atoms with Gasteiger partial charge in [-0.1, -0.05) is 18.2 Å². The summed E-state index contributed by atoms with van der Waals surface area (Å²) in [6.45, 7) is 1.88. The fraction of sp³-hybridized carbons (Fsp3) is 0.267. The van der Waals surface area contributed by atoms with Crippen molar-refractivity contribution in [2.75, 3.05) is 10.2 Å². The number of anilines is 2. The minimum atomic E-state index is -0.549. The number of amides is 2. The summed E-state index contributed by atoms with van der Waals surface area (Å²) in [6, 6.07) is 10.3. The third kappa shape index (κ3) is 2.40. The fourth-order valence-electron chi connectivity index (χ4n) is 2.52. The summed E-state index contributed by atoms with van der Waals surface area (Å²) in [5.74, 6) is 0.307. The molecule has 0 radical (unpaired) electrons. The lowest BCUT2D eigenvalue weighted by atomic mass is 10.2. The van der Waals surface area contributed by atoms with Crippen molar-refractivity contribution in [1.82, 2.24) is 9.78 Å². The van der Waals surface area contributed by atoms with Gasteiger partial charge in [0.1, 0.15) is 11.9 Å². The Labute approximate surface area is 122 Å². The molecule has 6 heteroatoms. The van der Waals surface area contributed by atoms with Crippen molar-refractivity contribution in [1.29, 1.82) is 0 Å². The smallest absolute Gasteiger partial charge is 0.256 e.